The Hall–Kier alpha value is -4.94. The molecule has 47 heavy (non-hydrogen) atoms. The zero-order valence-corrected chi connectivity index (χ0v) is 27.5. The number of hydrogen-bond acceptors (Lipinski definition) is 0. The van der Waals surface area contributed by atoms with E-state index >= 15 is 0 Å². The molecule has 1 saturated carbocycles. The van der Waals surface area contributed by atoms with Crippen molar-refractivity contribution < 1.29 is 0 Å². The van der Waals surface area contributed by atoms with Gasteiger partial charge in [-0.3, -0.25) is 0 Å². The smallest absolute Gasteiger partial charge is 0.0215 e. The predicted molar refractivity (Wildman–Crippen MR) is 199 cm³/mol. The minimum atomic E-state index is -0.0401. The Labute approximate surface area is 277 Å². The first kappa shape index (κ1) is 27.2. The summed E-state index contributed by atoms with van der Waals surface area (Å²) in [5, 5.41) is 5.34. The Bertz CT molecular complexity index is 2450. The monoisotopic (exact) mass is 602 g/mol. The molecule has 0 saturated heterocycles. The first-order chi connectivity index (χ1) is 23.0. The fraction of sp³-hybridized carbons (Fsp3) is 0.191. The van der Waals surface area contributed by atoms with Crippen LogP contribution in [-0.4, -0.2) is 0 Å². The molecule has 0 aliphatic heterocycles. The van der Waals surface area contributed by atoms with Crippen molar-refractivity contribution in [3.8, 4) is 44.5 Å². The van der Waals surface area contributed by atoms with Crippen LogP contribution < -0.4 is 0 Å². The molecule has 0 nitrogen and oxygen atoms in total. The summed E-state index contributed by atoms with van der Waals surface area (Å²) in [6.45, 7) is 7.00. The first-order valence-electron chi connectivity index (χ1n) is 17.4. The second-order valence-electron chi connectivity index (χ2n) is 14.8. The van der Waals surface area contributed by atoms with Gasteiger partial charge >= 0.3 is 0 Å². The summed E-state index contributed by atoms with van der Waals surface area (Å²) in [5.74, 6) is 0. The van der Waals surface area contributed by atoms with E-state index in [-0.39, 0.29) is 10.8 Å². The van der Waals surface area contributed by atoms with Crippen molar-refractivity contribution in [2.24, 2.45) is 0 Å². The molecule has 0 atom stereocenters. The highest BCUT2D eigenvalue weighted by Crippen LogP contribution is 2.58. The van der Waals surface area contributed by atoms with E-state index in [2.05, 4.69) is 148 Å². The highest BCUT2D eigenvalue weighted by atomic mass is 14.5. The van der Waals surface area contributed by atoms with Crippen LogP contribution in [0.15, 0.2) is 127 Å². The molecule has 7 aromatic rings. The molecule has 10 rings (SSSR count). The molecule has 1 spiro atoms. The lowest BCUT2D eigenvalue weighted by Gasteiger charge is -2.27. The predicted octanol–water partition coefficient (Wildman–Crippen LogP) is 12.8. The Morgan fingerprint density at radius 1 is 0.426 bits per heavy atom. The summed E-state index contributed by atoms with van der Waals surface area (Å²) in [5.41, 5.74) is 18.4. The first-order valence-corrected chi connectivity index (χ1v) is 17.4. The van der Waals surface area contributed by atoms with Gasteiger partial charge in [0.1, 0.15) is 0 Å². The van der Waals surface area contributed by atoms with Gasteiger partial charge < -0.3 is 0 Å². The Kier molecular flexibility index (Phi) is 5.53. The van der Waals surface area contributed by atoms with E-state index in [0.29, 0.717) is 0 Å². The van der Waals surface area contributed by atoms with Crippen molar-refractivity contribution in [1.82, 2.24) is 0 Å². The van der Waals surface area contributed by atoms with Gasteiger partial charge in [-0.2, -0.15) is 0 Å². The van der Waals surface area contributed by atoms with Gasteiger partial charge in [-0.15, -0.1) is 0 Å². The van der Waals surface area contributed by atoms with Crippen LogP contribution in [0.2, 0.25) is 0 Å². The molecule has 0 N–H and O–H groups in total. The zero-order valence-electron chi connectivity index (χ0n) is 27.5. The summed E-state index contributed by atoms with van der Waals surface area (Å²) < 4.78 is 0. The highest BCUT2D eigenvalue weighted by molar-refractivity contribution is 6.23. The quantitative estimate of drug-likeness (QED) is 0.173. The lowest BCUT2D eigenvalue weighted by molar-refractivity contribution is 0.550. The third-order valence-corrected chi connectivity index (χ3v) is 12.1. The lowest BCUT2D eigenvalue weighted by Crippen LogP contribution is -2.20. The Morgan fingerprint density at radius 3 is 1.85 bits per heavy atom. The van der Waals surface area contributed by atoms with Crippen LogP contribution >= 0.6 is 0 Å². The summed E-state index contributed by atoms with van der Waals surface area (Å²) in [4.78, 5) is 0. The fourth-order valence-corrected chi connectivity index (χ4v) is 9.98. The van der Waals surface area contributed by atoms with Crippen LogP contribution in [0.1, 0.15) is 67.3 Å². The number of benzene rings is 7. The SMILES string of the molecule is Cc1ccc2c(-c3ccc4c(c3)C3(CCCC3)c3ccccc3-4)c3ccccc3c(-c3cccc4c3-c3ccccc3C4(C)C)c2c1. The van der Waals surface area contributed by atoms with Gasteiger partial charge in [-0.25, -0.2) is 0 Å². The molecular weight excluding hydrogens is 565 g/mol. The maximum absolute atomic E-state index is 2.58. The molecule has 3 aliphatic carbocycles. The molecule has 0 heteroatoms. The molecule has 7 aromatic carbocycles. The lowest BCUT2D eigenvalue weighted by atomic mass is 9.76. The molecule has 3 aliphatic rings. The molecule has 0 amide bonds. The largest absolute Gasteiger partial charge is 0.0619 e. The average Bonchev–Trinajstić information content (AvgIpc) is 3.77. The highest BCUT2D eigenvalue weighted by Gasteiger charge is 2.45. The van der Waals surface area contributed by atoms with Gasteiger partial charge in [-0.05, 0) is 114 Å². The van der Waals surface area contributed by atoms with E-state index in [1.165, 1.54) is 108 Å². The molecule has 0 radical (unpaired) electrons. The second kappa shape index (κ2) is 9.55. The van der Waals surface area contributed by atoms with Crippen molar-refractivity contribution in [2.45, 2.75) is 57.3 Å². The van der Waals surface area contributed by atoms with Crippen molar-refractivity contribution in [3.05, 3.63) is 155 Å². The molecule has 226 valence electrons. The third-order valence-electron chi connectivity index (χ3n) is 12.1. The van der Waals surface area contributed by atoms with E-state index in [0.717, 1.165) is 0 Å². The van der Waals surface area contributed by atoms with E-state index in [1.54, 1.807) is 11.1 Å². The van der Waals surface area contributed by atoms with E-state index in [1.807, 2.05) is 0 Å². The molecular formula is C47H38. The Balaban J connectivity index is 1.29. The van der Waals surface area contributed by atoms with Gasteiger partial charge in [0.2, 0.25) is 0 Å². The number of aryl methyl sites for hydroxylation is 1. The van der Waals surface area contributed by atoms with Crippen molar-refractivity contribution >= 4 is 21.5 Å². The van der Waals surface area contributed by atoms with Crippen LogP contribution in [0, 0.1) is 6.92 Å². The average molecular weight is 603 g/mol. The third kappa shape index (κ3) is 3.54. The number of rotatable bonds is 2. The van der Waals surface area contributed by atoms with E-state index in [9.17, 15) is 0 Å². The van der Waals surface area contributed by atoms with Crippen molar-refractivity contribution in [1.29, 1.82) is 0 Å². The topological polar surface area (TPSA) is 0 Å². The molecule has 1 fully saturated rings. The number of hydrogen-bond donors (Lipinski definition) is 0. The van der Waals surface area contributed by atoms with Crippen molar-refractivity contribution in [3.63, 3.8) is 0 Å². The van der Waals surface area contributed by atoms with Crippen LogP contribution in [0.4, 0.5) is 0 Å². The fourth-order valence-electron chi connectivity index (χ4n) is 9.98. The van der Waals surface area contributed by atoms with Gasteiger partial charge in [-0.1, -0.05) is 154 Å². The molecule has 0 heterocycles. The van der Waals surface area contributed by atoms with Gasteiger partial charge in [0.25, 0.3) is 0 Å². The minimum Gasteiger partial charge on any atom is -0.0619 e. The summed E-state index contributed by atoms with van der Waals surface area (Å²) in [6.07, 6.45) is 5.10. The van der Waals surface area contributed by atoms with E-state index in [4.69, 9.17) is 0 Å². The Morgan fingerprint density at radius 2 is 1.04 bits per heavy atom. The standard InChI is InChI=1S/C47H38/c1-29-21-23-35-38(27-29)44(37-17-12-20-41-45(37)36-16-7-8-18-39(36)46(41,2)3)34-15-5-4-14-33(34)43(35)30-22-24-32-31-13-6-9-19-40(31)47(42(32)28-30)25-10-11-26-47/h4-9,12-24,27-28H,10-11,25-26H2,1-3H3. The summed E-state index contributed by atoms with van der Waals surface area (Å²) in [7, 11) is 0. The van der Waals surface area contributed by atoms with Crippen LogP contribution in [0.5, 0.6) is 0 Å². The van der Waals surface area contributed by atoms with Gasteiger partial charge in [0.05, 0.1) is 0 Å². The van der Waals surface area contributed by atoms with Gasteiger partial charge in [0.15, 0.2) is 0 Å². The van der Waals surface area contributed by atoms with Crippen LogP contribution in [0.25, 0.3) is 66.1 Å². The maximum atomic E-state index is 2.58. The normalized spacial score (nSPS) is 16.4. The van der Waals surface area contributed by atoms with Gasteiger partial charge in [0, 0.05) is 10.8 Å². The maximum Gasteiger partial charge on any atom is 0.0215 e. The second-order valence-corrected chi connectivity index (χ2v) is 14.8. The molecule has 0 aromatic heterocycles. The van der Waals surface area contributed by atoms with Crippen LogP contribution in [-0.2, 0) is 10.8 Å². The minimum absolute atomic E-state index is 0.0401. The van der Waals surface area contributed by atoms with Crippen molar-refractivity contribution in [2.75, 3.05) is 0 Å². The molecule has 0 bridgehead atoms. The molecule has 0 unspecified atom stereocenters. The van der Waals surface area contributed by atoms with Crippen LogP contribution in [0.3, 0.4) is 0 Å². The summed E-state index contributed by atoms with van der Waals surface area (Å²) in [6, 6.07) is 49.0. The van der Waals surface area contributed by atoms with E-state index < -0.39 is 0 Å². The summed E-state index contributed by atoms with van der Waals surface area (Å²) >= 11 is 0. The number of fused-ring (bicyclic) bond motifs is 10. The zero-order chi connectivity index (χ0) is 31.5.